The number of β-amino-alcohol motifs (C(OH)–C–C–N with tert-alkyl or cyclic N) is 1. The normalized spacial score (nSPS) is 15.0. The summed E-state index contributed by atoms with van der Waals surface area (Å²) in [5.74, 6) is -0.644. The fourth-order valence-electron chi connectivity index (χ4n) is 2.03. The number of rotatable bonds is 7. The largest absolute Gasteiger partial charge is 0.481 e. The summed E-state index contributed by atoms with van der Waals surface area (Å²) in [5, 5.41) is 9.66. The molecule has 2 heterocycles. The van der Waals surface area contributed by atoms with Crippen LogP contribution in [-0.2, 0) is 5.75 Å². The highest BCUT2D eigenvalue weighted by molar-refractivity contribution is 7.98. The molecule has 2 N–H and O–H groups in total. The standard InChI is InChI=1S/C15H16F2N4O2S2/c1-23-13-5-12(20-25-21-6-10(22)7-21)18-15(19-13)24-8-9-3-2-4-11(16)14(9)17/h2-5,10,22H,6-8H2,1H3,(H,18,19,20). The van der Waals surface area contributed by atoms with Crippen LogP contribution < -0.4 is 9.46 Å². The number of aliphatic hydroxyl groups excluding tert-OH is 1. The van der Waals surface area contributed by atoms with E-state index in [-0.39, 0.29) is 17.4 Å². The Morgan fingerprint density at radius 1 is 1.36 bits per heavy atom. The van der Waals surface area contributed by atoms with E-state index in [9.17, 15) is 13.9 Å². The molecule has 0 aliphatic carbocycles. The minimum Gasteiger partial charge on any atom is -0.481 e. The Kier molecular flexibility index (Phi) is 5.94. The van der Waals surface area contributed by atoms with Gasteiger partial charge in [-0.2, -0.15) is 4.98 Å². The predicted molar refractivity (Wildman–Crippen MR) is 93.3 cm³/mol. The van der Waals surface area contributed by atoms with Crippen molar-refractivity contribution in [2.45, 2.75) is 17.0 Å². The molecule has 1 aromatic carbocycles. The van der Waals surface area contributed by atoms with Gasteiger partial charge >= 0.3 is 0 Å². The van der Waals surface area contributed by atoms with Gasteiger partial charge in [0.2, 0.25) is 5.88 Å². The lowest BCUT2D eigenvalue weighted by Crippen LogP contribution is -2.46. The Morgan fingerprint density at radius 3 is 2.88 bits per heavy atom. The lowest BCUT2D eigenvalue weighted by Gasteiger charge is -2.33. The van der Waals surface area contributed by atoms with Crippen molar-refractivity contribution in [3.8, 4) is 5.88 Å². The van der Waals surface area contributed by atoms with Crippen molar-refractivity contribution >= 4 is 29.7 Å². The smallest absolute Gasteiger partial charge is 0.219 e. The second kappa shape index (κ2) is 8.17. The third-order valence-electron chi connectivity index (χ3n) is 3.39. The average molecular weight is 386 g/mol. The molecule has 0 bridgehead atoms. The van der Waals surface area contributed by atoms with E-state index < -0.39 is 11.6 Å². The van der Waals surface area contributed by atoms with Gasteiger partial charge in [0.05, 0.1) is 13.2 Å². The molecule has 0 spiro atoms. The molecule has 0 saturated carbocycles. The van der Waals surface area contributed by atoms with Crippen LogP contribution in [0.15, 0.2) is 29.4 Å². The summed E-state index contributed by atoms with van der Waals surface area (Å²) in [7, 11) is 1.49. The van der Waals surface area contributed by atoms with E-state index in [1.54, 1.807) is 6.07 Å². The zero-order valence-corrected chi connectivity index (χ0v) is 14.9. The van der Waals surface area contributed by atoms with Crippen molar-refractivity contribution in [2.24, 2.45) is 0 Å². The number of nitrogens with one attached hydrogen (secondary N) is 1. The van der Waals surface area contributed by atoms with Crippen LogP contribution in [0.3, 0.4) is 0 Å². The Labute approximate surface area is 152 Å². The summed E-state index contributed by atoms with van der Waals surface area (Å²) < 4.78 is 37.1. The van der Waals surface area contributed by atoms with Gasteiger partial charge in [0.15, 0.2) is 16.8 Å². The van der Waals surface area contributed by atoms with Crippen LogP contribution in [0.4, 0.5) is 14.6 Å². The number of aromatic nitrogens is 2. The number of hydrogen-bond donors (Lipinski definition) is 2. The molecule has 0 amide bonds. The molecule has 3 rings (SSSR count). The van der Waals surface area contributed by atoms with Crippen molar-refractivity contribution in [3.63, 3.8) is 0 Å². The van der Waals surface area contributed by atoms with Gasteiger partial charge in [0.1, 0.15) is 5.82 Å². The summed E-state index contributed by atoms with van der Waals surface area (Å²) >= 11 is 2.51. The summed E-state index contributed by atoms with van der Waals surface area (Å²) in [6, 6.07) is 5.70. The molecule has 1 saturated heterocycles. The molecule has 1 aliphatic rings. The maximum Gasteiger partial charge on any atom is 0.219 e. The quantitative estimate of drug-likeness (QED) is 0.428. The van der Waals surface area contributed by atoms with Crippen LogP contribution >= 0.6 is 23.9 Å². The van der Waals surface area contributed by atoms with Gasteiger partial charge in [-0.05, 0) is 6.07 Å². The SMILES string of the molecule is COc1cc(NSN2CC(O)C2)nc(SCc2cccc(F)c2F)n1. The van der Waals surface area contributed by atoms with Crippen molar-refractivity contribution in [3.05, 3.63) is 41.5 Å². The van der Waals surface area contributed by atoms with E-state index in [4.69, 9.17) is 4.74 Å². The van der Waals surface area contributed by atoms with Gasteiger partial charge in [0, 0.05) is 42.6 Å². The first kappa shape index (κ1) is 18.2. The summed E-state index contributed by atoms with van der Waals surface area (Å²) in [5.41, 5.74) is 0.245. The molecular weight excluding hydrogens is 370 g/mol. The van der Waals surface area contributed by atoms with Gasteiger partial charge in [-0.3, -0.25) is 0 Å². The van der Waals surface area contributed by atoms with Crippen molar-refractivity contribution in [2.75, 3.05) is 24.9 Å². The number of halogens is 2. The first-order valence-electron chi connectivity index (χ1n) is 7.40. The third kappa shape index (κ3) is 4.72. The molecule has 134 valence electrons. The number of benzene rings is 1. The zero-order chi connectivity index (χ0) is 17.8. The van der Waals surface area contributed by atoms with E-state index in [1.165, 1.54) is 43.1 Å². The number of anilines is 1. The minimum atomic E-state index is -0.875. The molecule has 2 aromatic rings. The fraction of sp³-hybridized carbons (Fsp3) is 0.333. The number of aliphatic hydroxyl groups is 1. The number of thioether (sulfide) groups is 1. The lowest BCUT2D eigenvalue weighted by atomic mass is 10.2. The Hall–Kier alpha value is -1.62. The lowest BCUT2D eigenvalue weighted by molar-refractivity contribution is 0.0619. The van der Waals surface area contributed by atoms with E-state index in [2.05, 4.69) is 14.7 Å². The van der Waals surface area contributed by atoms with Crippen molar-refractivity contribution in [1.82, 2.24) is 14.3 Å². The molecule has 10 heteroatoms. The molecule has 6 nitrogen and oxygen atoms in total. The molecule has 0 radical (unpaired) electrons. The minimum absolute atomic E-state index is 0.196. The summed E-state index contributed by atoms with van der Waals surface area (Å²) in [6.45, 7) is 1.17. The van der Waals surface area contributed by atoms with Crippen LogP contribution in [0, 0.1) is 11.6 Å². The van der Waals surface area contributed by atoms with E-state index in [0.717, 1.165) is 6.07 Å². The molecule has 0 unspecified atom stereocenters. The maximum absolute atomic E-state index is 13.7. The highest BCUT2D eigenvalue weighted by Gasteiger charge is 2.25. The second-order valence-electron chi connectivity index (χ2n) is 5.27. The van der Waals surface area contributed by atoms with Crippen LogP contribution in [0.5, 0.6) is 5.88 Å². The van der Waals surface area contributed by atoms with Crippen LogP contribution in [0.25, 0.3) is 0 Å². The van der Waals surface area contributed by atoms with Gasteiger partial charge in [0.25, 0.3) is 0 Å². The van der Waals surface area contributed by atoms with Crippen LogP contribution in [-0.4, -0.2) is 45.7 Å². The molecule has 1 aliphatic heterocycles. The highest BCUT2D eigenvalue weighted by Crippen LogP contribution is 2.27. The van der Waals surface area contributed by atoms with Crippen molar-refractivity contribution in [1.29, 1.82) is 0 Å². The molecule has 1 aromatic heterocycles. The van der Waals surface area contributed by atoms with E-state index >= 15 is 0 Å². The van der Waals surface area contributed by atoms with Gasteiger partial charge in [-0.25, -0.2) is 18.1 Å². The van der Waals surface area contributed by atoms with Gasteiger partial charge in [-0.1, -0.05) is 23.9 Å². The third-order valence-corrected chi connectivity index (χ3v) is 5.14. The molecule has 1 fully saturated rings. The van der Waals surface area contributed by atoms with Crippen molar-refractivity contribution < 1.29 is 18.6 Å². The number of nitrogens with zero attached hydrogens (tertiary/aromatic N) is 3. The second-order valence-corrected chi connectivity index (χ2v) is 7.12. The van der Waals surface area contributed by atoms with Gasteiger partial charge < -0.3 is 14.6 Å². The molecular formula is C15H16F2N4O2S2. The number of hydrogen-bond acceptors (Lipinski definition) is 8. The zero-order valence-electron chi connectivity index (χ0n) is 13.3. The number of methoxy groups -OCH3 is 1. The maximum atomic E-state index is 13.7. The Morgan fingerprint density at radius 2 is 2.16 bits per heavy atom. The van der Waals surface area contributed by atoms with E-state index in [1.807, 2.05) is 4.31 Å². The summed E-state index contributed by atoms with van der Waals surface area (Å²) in [4.78, 5) is 8.54. The van der Waals surface area contributed by atoms with Crippen LogP contribution in [0.1, 0.15) is 5.56 Å². The first-order valence-corrected chi connectivity index (χ1v) is 9.16. The predicted octanol–water partition coefficient (Wildman–Crippen LogP) is 2.71. The highest BCUT2D eigenvalue weighted by atomic mass is 32.2. The average Bonchev–Trinajstić information content (AvgIpc) is 2.59. The number of ether oxygens (including phenoxy) is 1. The van der Waals surface area contributed by atoms with Crippen LogP contribution in [0.2, 0.25) is 0 Å². The summed E-state index contributed by atoms with van der Waals surface area (Å²) in [6.07, 6.45) is -0.290. The molecule has 25 heavy (non-hydrogen) atoms. The topological polar surface area (TPSA) is 70.5 Å². The molecule has 0 atom stereocenters. The van der Waals surface area contributed by atoms with Gasteiger partial charge in [-0.15, -0.1) is 0 Å². The first-order chi connectivity index (χ1) is 12.0. The Bertz CT molecular complexity index is 747. The van der Waals surface area contributed by atoms with E-state index in [0.29, 0.717) is 29.9 Å². The Balaban J connectivity index is 1.65. The fourth-order valence-corrected chi connectivity index (χ4v) is 3.68. The monoisotopic (exact) mass is 386 g/mol.